The normalized spacial score (nSPS) is 23.4. The van der Waals surface area contributed by atoms with Gasteiger partial charge in [-0.25, -0.2) is 0 Å². The summed E-state index contributed by atoms with van der Waals surface area (Å²) in [5.74, 6) is 0.970. The molecular formula is C25H37NO3. The van der Waals surface area contributed by atoms with Crippen molar-refractivity contribution in [1.82, 2.24) is 4.90 Å². The second-order valence-electron chi connectivity index (χ2n) is 9.71. The minimum absolute atomic E-state index is 0.281. The van der Waals surface area contributed by atoms with Crippen molar-refractivity contribution in [3.63, 3.8) is 0 Å². The summed E-state index contributed by atoms with van der Waals surface area (Å²) >= 11 is 0. The molecule has 29 heavy (non-hydrogen) atoms. The first kappa shape index (κ1) is 20.7. The number of likely N-dealkylation sites (tertiary alicyclic amines) is 1. The third kappa shape index (κ3) is 5.53. The van der Waals surface area contributed by atoms with E-state index >= 15 is 0 Å². The molecule has 1 saturated heterocycles. The maximum atomic E-state index is 10.7. The molecule has 1 aromatic rings. The third-order valence-electron chi connectivity index (χ3n) is 7.76. The molecule has 1 spiro atoms. The average Bonchev–Trinajstić information content (AvgIpc) is 3.19. The van der Waals surface area contributed by atoms with Crippen LogP contribution in [0.15, 0.2) is 24.3 Å². The summed E-state index contributed by atoms with van der Waals surface area (Å²) in [5.41, 5.74) is 2.10. The Morgan fingerprint density at radius 3 is 2.28 bits per heavy atom. The molecule has 1 N–H and O–H groups in total. The van der Waals surface area contributed by atoms with E-state index in [4.69, 9.17) is 9.84 Å². The molecule has 1 aliphatic heterocycles. The van der Waals surface area contributed by atoms with Gasteiger partial charge in [-0.3, -0.25) is 4.79 Å². The first-order valence-electron chi connectivity index (χ1n) is 11.8. The Morgan fingerprint density at radius 1 is 1.00 bits per heavy atom. The van der Waals surface area contributed by atoms with E-state index in [-0.39, 0.29) is 6.42 Å². The monoisotopic (exact) mass is 399 g/mol. The highest BCUT2D eigenvalue weighted by molar-refractivity contribution is 5.66. The van der Waals surface area contributed by atoms with E-state index in [2.05, 4.69) is 29.2 Å². The highest BCUT2D eigenvalue weighted by atomic mass is 16.5. The Hall–Kier alpha value is -1.55. The zero-order chi connectivity index (χ0) is 20.1. The predicted octanol–water partition coefficient (Wildman–Crippen LogP) is 5.61. The fourth-order valence-electron chi connectivity index (χ4n) is 5.90. The van der Waals surface area contributed by atoms with Crippen molar-refractivity contribution in [2.24, 2.45) is 5.41 Å². The zero-order valence-electron chi connectivity index (χ0n) is 17.8. The summed E-state index contributed by atoms with van der Waals surface area (Å²) in [7, 11) is 0. The first-order chi connectivity index (χ1) is 14.1. The molecule has 0 aromatic heterocycles. The first-order valence-corrected chi connectivity index (χ1v) is 11.8. The lowest BCUT2D eigenvalue weighted by Gasteiger charge is -2.37. The second kappa shape index (κ2) is 9.51. The summed E-state index contributed by atoms with van der Waals surface area (Å²) in [6.45, 7) is 3.06. The maximum absolute atomic E-state index is 10.7. The number of carboxylic acids is 1. The average molecular weight is 400 g/mol. The molecule has 3 fully saturated rings. The Morgan fingerprint density at radius 2 is 1.66 bits per heavy atom. The molecule has 1 aromatic carbocycles. The van der Waals surface area contributed by atoms with Crippen LogP contribution in [0.4, 0.5) is 0 Å². The molecule has 3 aliphatic rings. The topological polar surface area (TPSA) is 49.8 Å². The fourth-order valence-corrected chi connectivity index (χ4v) is 5.90. The predicted molar refractivity (Wildman–Crippen MR) is 116 cm³/mol. The number of hydrogen-bond acceptors (Lipinski definition) is 3. The lowest BCUT2D eigenvalue weighted by atomic mass is 9.72. The van der Waals surface area contributed by atoms with E-state index in [0.717, 1.165) is 44.6 Å². The molecule has 0 amide bonds. The number of ether oxygens (including phenoxy) is 1. The van der Waals surface area contributed by atoms with Gasteiger partial charge >= 0.3 is 5.97 Å². The number of piperidine rings is 1. The number of aliphatic carboxylic acids is 1. The van der Waals surface area contributed by atoms with Gasteiger partial charge in [-0.1, -0.05) is 25.0 Å². The van der Waals surface area contributed by atoms with Crippen LogP contribution in [0.2, 0.25) is 0 Å². The van der Waals surface area contributed by atoms with Crippen molar-refractivity contribution < 1.29 is 14.6 Å². The van der Waals surface area contributed by atoms with E-state index < -0.39 is 5.97 Å². The highest BCUT2D eigenvalue weighted by Crippen LogP contribution is 2.49. The van der Waals surface area contributed by atoms with Crippen molar-refractivity contribution in [2.75, 3.05) is 19.6 Å². The zero-order valence-corrected chi connectivity index (χ0v) is 17.8. The van der Waals surface area contributed by atoms with Crippen LogP contribution in [0, 0.1) is 5.41 Å². The summed E-state index contributed by atoms with van der Waals surface area (Å²) in [6.07, 6.45) is 14.7. The summed E-state index contributed by atoms with van der Waals surface area (Å²) in [5, 5.41) is 8.78. The van der Waals surface area contributed by atoms with E-state index in [9.17, 15) is 4.79 Å². The molecule has 1 heterocycles. The van der Waals surface area contributed by atoms with Crippen LogP contribution in [0.3, 0.4) is 0 Å². The lowest BCUT2D eigenvalue weighted by Crippen LogP contribution is -2.33. The quantitative estimate of drug-likeness (QED) is 0.647. The smallest absolute Gasteiger partial charge is 0.303 e. The van der Waals surface area contributed by atoms with Crippen LogP contribution in [-0.4, -0.2) is 41.7 Å². The summed E-state index contributed by atoms with van der Waals surface area (Å²) in [6, 6.07) is 8.88. The van der Waals surface area contributed by atoms with Gasteiger partial charge in [-0.15, -0.1) is 0 Å². The number of carbonyl (C=O) groups is 1. The Balaban J connectivity index is 1.20. The van der Waals surface area contributed by atoms with E-state index in [0.29, 0.717) is 17.4 Å². The standard InChI is InChI=1S/C25H37NO3/c27-24(28)4-3-17-26-18-11-21(12-19-26)20-5-7-22(8-6-20)29-23-9-15-25(16-10-23)13-1-2-14-25/h5-8,21,23H,1-4,9-19H2,(H,27,28). The summed E-state index contributed by atoms with van der Waals surface area (Å²) < 4.78 is 6.32. The molecule has 4 rings (SSSR count). The van der Waals surface area contributed by atoms with Gasteiger partial charge in [-0.05, 0) is 106 Å². The van der Waals surface area contributed by atoms with E-state index in [1.54, 1.807) is 0 Å². The van der Waals surface area contributed by atoms with Crippen molar-refractivity contribution in [3.05, 3.63) is 29.8 Å². The maximum Gasteiger partial charge on any atom is 0.303 e. The number of benzene rings is 1. The minimum atomic E-state index is -0.687. The molecule has 0 radical (unpaired) electrons. The molecule has 160 valence electrons. The second-order valence-corrected chi connectivity index (χ2v) is 9.71. The van der Waals surface area contributed by atoms with Crippen LogP contribution in [0.5, 0.6) is 5.75 Å². The van der Waals surface area contributed by atoms with Crippen LogP contribution < -0.4 is 4.74 Å². The van der Waals surface area contributed by atoms with Crippen molar-refractivity contribution in [3.8, 4) is 5.75 Å². The number of carboxylic acid groups (broad SMARTS) is 1. The van der Waals surface area contributed by atoms with E-state index in [1.165, 1.54) is 56.9 Å². The van der Waals surface area contributed by atoms with Gasteiger partial charge in [0.05, 0.1) is 6.10 Å². The third-order valence-corrected chi connectivity index (χ3v) is 7.76. The summed E-state index contributed by atoms with van der Waals surface area (Å²) in [4.78, 5) is 13.1. The Kier molecular flexibility index (Phi) is 6.79. The molecule has 4 nitrogen and oxygen atoms in total. The van der Waals surface area contributed by atoms with Crippen molar-refractivity contribution in [1.29, 1.82) is 0 Å². The van der Waals surface area contributed by atoms with Gasteiger partial charge in [0.15, 0.2) is 0 Å². The Labute approximate surface area is 175 Å². The van der Waals surface area contributed by atoms with Crippen molar-refractivity contribution >= 4 is 5.97 Å². The molecule has 2 aliphatic carbocycles. The molecular weight excluding hydrogens is 362 g/mol. The van der Waals surface area contributed by atoms with Crippen LogP contribution in [0.1, 0.15) is 88.5 Å². The van der Waals surface area contributed by atoms with Gasteiger partial charge in [0.1, 0.15) is 5.75 Å². The SMILES string of the molecule is O=C(O)CCCN1CCC(c2ccc(OC3CCC4(CCCC4)CC3)cc2)CC1. The van der Waals surface area contributed by atoms with Gasteiger partial charge in [0.25, 0.3) is 0 Å². The van der Waals surface area contributed by atoms with Crippen molar-refractivity contribution in [2.45, 2.75) is 89.1 Å². The van der Waals surface area contributed by atoms with Gasteiger partial charge in [0.2, 0.25) is 0 Å². The fraction of sp³-hybridized carbons (Fsp3) is 0.720. The highest BCUT2D eigenvalue weighted by Gasteiger charge is 2.38. The molecule has 0 atom stereocenters. The molecule has 0 bridgehead atoms. The molecule has 2 saturated carbocycles. The van der Waals surface area contributed by atoms with Gasteiger partial charge < -0.3 is 14.7 Å². The van der Waals surface area contributed by atoms with Crippen LogP contribution in [-0.2, 0) is 4.79 Å². The van der Waals surface area contributed by atoms with Gasteiger partial charge in [0, 0.05) is 6.42 Å². The molecule has 0 unspecified atom stereocenters. The van der Waals surface area contributed by atoms with Gasteiger partial charge in [-0.2, -0.15) is 0 Å². The van der Waals surface area contributed by atoms with Crippen LogP contribution in [0.25, 0.3) is 0 Å². The van der Waals surface area contributed by atoms with E-state index in [1.807, 2.05) is 0 Å². The minimum Gasteiger partial charge on any atom is -0.490 e. The lowest BCUT2D eigenvalue weighted by molar-refractivity contribution is -0.137. The number of hydrogen-bond donors (Lipinski definition) is 1. The number of rotatable bonds is 7. The molecule has 4 heteroatoms. The Bertz CT molecular complexity index is 647. The van der Waals surface area contributed by atoms with Crippen LogP contribution >= 0.6 is 0 Å². The largest absolute Gasteiger partial charge is 0.490 e. The number of nitrogens with zero attached hydrogens (tertiary/aromatic N) is 1.